The molecule has 0 fully saturated rings. The fourth-order valence-corrected chi connectivity index (χ4v) is 1.68. The molecule has 86 valence electrons. The Bertz CT molecular complexity index is 473. The van der Waals surface area contributed by atoms with Crippen molar-refractivity contribution < 1.29 is 0 Å². The van der Waals surface area contributed by atoms with Crippen LogP contribution in [0.4, 0.5) is 5.69 Å². The molecular formula is C12H18N4. The number of pyridine rings is 1. The quantitative estimate of drug-likeness (QED) is 0.858. The Morgan fingerprint density at radius 1 is 1.38 bits per heavy atom. The molecule has 2 heterocycles. The number of nitrogens with zero attached hydrogens (tertiary/aromatic N) is 3. The molecule has 0 aromatic carbocycles. The average Bonchev–Trinajstić information content (AvgIpc) is 2.69. The Labute approximate surface area is 95.7 Å². The molecule has 1 N–H and O–H groups in total. The second-order valence-electron chi connectivity index (χ2n) is 4.25. The molecule has 0 aliphatic carbocycles. The number of anilines is 1. The molecule has 2 aromatic rings. The summed E-state index contributed by atoms with van der Waals surface area (Å²) in [6, 6.07) is 2.45. The lowest BCUT2D eigenvalue weighted by Crippen LogP contribution is -2.04. The SMILES string of the molecule is CCCNc1cnc2c(cnn2C(C)C)c1. The minimum Gasteiger partial charge on any atom is -0.384 e. The number of hydrogen-bond acceptors (Lipinski definition) is 3. The highest BCUT2D eigenvalue weighted by molar-refractivity contribution is 5.78. The molecule has 0 aliphatic heterocycles. The van der Waals surface area contributed by atoms with Gasteiger partial charge in [-0.15, -0.1) is 0 Å². The zero-order chi connectivity index (χ0) is 11.5. The van der Waals surface area contributed by atoms with Gasteiger partial charge in [0.2, 0.25) is 0 Å². The zero-order valence-electron chi connectivity index (χ0n) is 10.1. The van der Waals surface area contributed by atoms with Gasteiger partial charge in [-0.1, -0.05) is 6.92 Å². The van der Waals surface area contributed by atoms with Crippen LogP contribution in [0.2, 0.25) is 0 Å². The lowest BCUT2D eigenvalue weighted by atomic mass is 10.3. The number of hydrogen-bond donors (Lipinski definition) is 1. The van der Waals surface area contributed by atoms with Crippen molar-refractivity contribution in [3.63, 3.8) is 0 Å². The predicted octanol–water partition coefficient (Wildman–Crippen LogP) is 2.83. The van der Waals surface area contributed by atoms with Crippen LogP contribution in [-0.2, 0) is 0 Å². The van der Waals surface area contributed by atoms with Crippen molar-refractivity contribution >= 4 is 16.7 Å². The minimum absolute atomic E-state index is 0.347. The molecule has 0 aliphatic rings. The van der Waals surface area contributed by atoms with Crippen molar-refractivity contribution in [3.8, 4) is 0 Å². The predicted molar refractivity (Wildman–Crippen MR) is 66.7 cm³/mol. The van der Waals surface area contributed by atoms with E-state index in [1.807, 2.05) is 17.1 Å². The largest absolute Gasteiger partial charge is 0.384 e. The molecule has 4 nitrogen and oxygen atoms in total. The lowest BCUT2D eigenvalue weighted by Gasteiger charge is -2.07. The Morgan fingerprint density at radius 2 is 2.19 bits per heavy atom. The first-order valence-electron chi connectivity index (χ1n) is 5.79. The molecule has 0 spiro atoms. The summed E-state index contributed by atoms with van der Waals surface area (Å²) < 4.78 is 1.94. The van der Waals surface area contributed by atoms with Crippen molar-refractivity contribution in [1.29, 1.82) is 0 Å². The Hall–Kier alpha value is -1.58. The van der Waals surface area contributed by atoms with Gasteiger partial charge in [-0.25, -0.2) is 9.67 Å². The van der Waals surface area contributed by atoms with E-state index >= 15 is 0 Å². The van der Waals surface area contributed by atoms with E-state index in [9.17, 15) is 0 Å². The highest BCUT2D eigenvalue weighted by Gasteiger charge is 2.07. The van der Waals surface area contributed by atoms with Crippen LogP contribution in [0.3, 0.4) is 0 Å². The van der Waals surface area contributed by atoms with Gasteiger partial charge in [0.05, 0.1) is 18.1 Å². The van der Waals surface area contributed by atoms with Crippen LogP contribution in [0.5, 0.6) is 0 Å². The van der Waals surface area contributed by atoms with Gasteiger partial charge in [0.1, 0.15) is 0 Å². The Kier molecular flexibility index (Phi) is 3.08. The fraction of sp³-hybridized carbons (Fsp3) is 0.500. The summed E-state index contributed by atoms with van der Waals surface area (Å²) in [5, 5.41) is 8.76. The van der Waals surface area contributed by atoms with Gasteiger partial charge in [-0.3, -0.25) is 0 Å². The van der Waals surface area contributed by atoms with Crippen LogP contribution in [0.25, 0.3) is 11.0 Å². The molecule has 16 heavy (non-hydrogen) atoms. The van der Waals surface area contributed by atoms with E-state index in [2.05, 4.69) is 42.2 Å². The number of aromatic nitrogens is 3. The smallest absolute Gasteiger partial charge is 0.158 e. The second-order valence-corrected chi connectivity index (χ2v) is 4.25. The van der Waals surface area contributed by atoms with Gasteiger partial charge in [0.25, 0.3) is 0 Å². The molecule has 0 amide bonds. The summed E-state index contributed by atoms with van der Waals surface area (Å²) in [5.74, 6) is 0. The first kappa shape index (κ1) is 10.9. The lowest BCUT2D eigenvalue weighted by molar-refractivity contribution is 0.546. The maximum atomic E-state index is 4.45. The first-order chi connectivity index (χ1) is 7.72. The molecule has 0 saturated heterocycles. The summed E-state index contributed by atoms with van der Waals surface area (Å²) in [7, 11) is 0. The van der Waals surface area contributed by atoms with Gasteiger partial charge in [0.15, 0.2) is 5.65 Å². The maximum Gasteiger partial charge on any atom is 0.158 e. The summed E-state index contributed by atoms with van der Waals surface area (Å²) in [5.41, 5.74) is 2.02. The number of nitrogens with one attached hydrogen (secondary N) is 1. The summed E-state index contributed by atoms with van der Waals surface area (Å²) in [6.07, 6.45) is 4.86. The first-order valence-corrected chi connectivity index (χ1v) is 5.79. The minimum atomic E-state index is 0.347. The molecule has 2 aromatic heterocycles. The topological polar surface area (TPSA) is 42.7 Å². The molecule has 2 rings (SSSR count). The van der Waals surface area contributed by atoms with E-state index in [0.29, 0.717) is 6.04 Å². The van der Waals surface area contributed by atoms with E-state index < -0.39 is 0 Å². The maximum absolute atomic E-state index is 4.45. The van der Waals surface area contributed by atoms with Crippen LogP contribution in [0.1, 0.15) is 33.2 Å². The van der Waals surface area contributed by atoms with E-state index in [1.165, 1.54) is 0 Å². The van der Waals surface area contributed by atoms with Gasteiger partial charge in [-0.05, 0) is 26.3 Å². The van der Waals surface area contributed by atoms with Crippen LogP contribution >= 0.6 is 0 Å². The monoisotopic (exact) mass is 218 g/mol. The molecule has 0 unspecified atom stereocenters. The van der Waals surface area contributed by atoms with Crippen molar-refractivity contribution in [2.75, 3.05) is 11.9 Å². The molecular weight excluding hydrogens is 200 g/mol. The van der Waals surface area contributed by atoms with Crippen molar-refractivity contribution in [2.24, 2.45) is 0 Å². The third kappa shape index (κ3) is 2.01. The average molecular weight is 218 g/mol. The van der Waals surface area contributed by atoms with Crippen molar-refractivity contribution in [3.05, 3.63) is 18.5 Å². The Morgan fingerprint density at radius 3 is 2.88 bits per heavy atom. The van der Waals surface area contributed by atoms with Crippen LogP contribution in [0.15, 0.2) is 18.5 Å². The van der Waals surface area contributed by atoms with Crippen molar-refractivity contribution in [1.82, 2.24) is 14.8 Å². The van der Waals surface area contributed by atoms with E-state index in [-0.39, 0.29) is 0 Å². The fourth-order valence-electron chi connectivity index (χ4n) is 1.68. The molecule has 0 saturated carbocycles. The van der Waals surface area contributed by atoms with Gasteiger partial charge in [-0.2, -0.15) is 5.10 Å². The standard InChI is InChI=1S/C12H18N4/c1-4-5-13-11-6-10-7-15-16(9(2)3)12(10)14-8-11/h6-9,13H,4-5H2,1-3H3. The van der Waals surface area contributed by atoms with Gasteiger partial charge >= 0.3 is 0 Å². The molecule has 0 bridgehead atoms. The molecule has 0 atom stereocenters. The third-order valence-corrected chi connectivity index (χ3v) is 2.50. The highest BCUT2D eigenvalue weighted by Crippen LogP contribution is 2.18. The van der Waals surface area contributed by atoms with E-state index in [1.54, 1.807) is 0 Å². The summed E-state index contributed by atoms with van der Waals surface area (Å²) in [4.78, 5) is 4.45. The summed E-state index contributed by atoms with van der Waals surface area (Å²) in [6.45, 7) is 7.34. The van der Waals surface area contributed by atoms with E-state index in [4.69, 9.17) is 0 Å². The van der Waals surface area contributed by atoms with Crippen LogP contribution < -0.4 is 5.32 Å². The number of fused-ring (bicyclic) bond motifs is 1. The van der Waals surface area contributed by atoms with Crippen molar-refractivity contribution in [2.45, 2.75) is 33.2 Å². The molecule has 0 radical (unpaired) electrons. The van der Waals surface area contributed by atoms with Gasteiger partial charge in [0, 0.05) is 18.0 Å². The van der Waals surface area contributed by atoms with Crippen LogP contribution in [0, 0.1) is 0 Å². The molecule has 4 heteroatoms. The Balaban J connectivity index is 2.33. The number of rotatable bonds is 4. The van der Waals surface area contributed by atoms with Gasteiger partial charge < -0.3 is 5.32 Å². The highest BCUT2D eigenvalue weighted by atomic mass is 15.3. The normalized spacial score (nSPS) is 11.2. The van der Waals surface area contributed by atoms with E-state index in [0.717, 1.165) is 29.7 Å². The second kappa shape index (κ2) is 4.51. The third-order valence-electron chi connectivity index (χ3n) is 2.50. The zero-order valence-corrected chi connectivity index (χ0v) is 10.1. The van der Waals surface area contributed by atoms with Crippen LogP contribution in [-0.4, -0.2) is 21.3 Å². The summed E-state index contributed by atoms with van der Waals surface area (Å²) >= 11 is 0.